The third-order valence-corrected chi connectivity index (χ3v) is 6.93. The van der Waals surface area contributed by atoms with E-state index in [0.717, 1.165) is 11.3 Å². The SMILES string of the molecule is CCOc1ccc(-c2noc(CNC(=O)c3ccc(S(=O)(=O)N4CCOCC4)cc3)n2)cc1. The number of carbonyl (C=O) groups excluding carboxylic acids is 1. The molecule has 0 radical (unpaired) electrons. The molecule has 3 aromatic rings. The normalized spacial score (nSPS) is 14.7. The molecule has 4 rings (SSSR count). The van der Waals surface area contributed by atoms with Gasteiger partial charge in [0.15, 0.2) is 0 Å². The molecule has 0 atom stereocenters. The number of rotatable bonds is 8. The van der Waals surface area contributed by atoms with Gasteiger partial charge in [-0.3, -0.25) is 4.79 Å². The van der Waals surface area contributed by atoms with Crippen LogP contribution >= 0.6 is 0 Å². The first kappa shape index (κ1) is 22.9. The minimum absolute atomic E-state index is 0.0384. The Hall–Kier alpha value is -3.28. The second kappa shape index (κ2) is 10.1. The summed E-state index contributed by atoms with van der Waals surface area (Å²) in [5.74, 6) is 1.02. The van der Waals surface area contributed by atoms with Gasteiger partial charge in [0.1, 0.15) is 5.75 Å². The Balaban J connectivity index is 1.35. The average molecular weight is 473 g/mol. The molecule has 0 saturated carbocycles. The van der Waals surface area contributed by atoms with Crippen LogP contribution < -0.4 is 10.1 Å². The Kier molecular flexibility index (Phi) is 7.02. The van der Waals surface area contributed by atoms with Crippen molar-refractivity contribution in [2.24, 2.45) is 0 Å². The maximum atomic E-state index is 12.7. The minimum Gasteiger partial charge on any atom is -0.494 e. The first-order valence-electron chi connectivity index (χ1n) is 10.5. The van der Waals surface area contributed by atoms with Crippen molar-refractivity contribution < 1.29 is 27.2 Å². The van der Waals surface area contributed by atoms with E-state index in [0.29, 0.717) is 44.3 Å². The number of hydrogen-bond donors (Lipinski definition) is 1. The van der Waals surface area contributed by atoms with Crippen molar-refractivity contribution in [3.8, 4) is 17.1 Å². The number of nitrogens with zero attached hydrogens (tertiary/aromatic N) is 3. The highest BCUT2D eigenvalue weighted by Gasteiger charge is 2.26. The van der Waals surface area contributed by atoms with Crippen LogP contribution in [0, 0.1) is 0 Å². The molecule has 1 saturated heterocycles. The number of ether oxygens (including phenoxy) is 2. The van der Waals surface area contributed by atoms with Gasteiger partial charge in [-0.1, -0.05) is 5.16 Å². The van der Waals surface area contributed by atoms with Crippen molar-refractivity contribution in [1.82, 2.24) is 19.8 Å². The van der Waals surface area contributed by atoms with Crippen molar-refractivity contribution in [2.45, 2.75) is 18.4 Å². The molecule has 1 aromatic heterocycles. The average Bonchev–Trinajstić information content (AvgIpc) is 3.33. The Morgan fingerprint density at radius 2 is 1.79 bits per heavy atom. The summed E-state index contributed by atoms with van der Waals surface area (Å²) in [7, 11) is -3.61. The predicted molar refractivity (Wildman–Crippen MR) is 118 cm³/mol. The zero-order valence-corrected chi connectivity index (χ0v) is 18.9. The lowest BCUT2D eigenvalue weighted by Crippen LogP contribution is -2.40. The molecule has 1 amide bonds. The second-order valence-electron chi connectivity index (χ2n) is 7.19. The van der Waals surface area contributed by atoms with Gasteiger partial charge in [-0.15, -0.1) is 0 Å². The Bertz CT molecular complexity index is 1190. The summed E-state index contributed by atoms with van der Waals surface area (Å²) in [6.45, 7) is 3.90. The van der Waals surface area contributed by atoms with Crippen molar-refractivity contribution in [3.05, 3.63) is 60.0 Å². The fourth-order valence-electron chi connectivity index (χ4n) is 3.28. The fourth-order valence-corrected chi connectivity index (χ4v) is 4.69. The van der Waals surface area contributed by atoms with E-state index >= 15 is 0 Å². The fraction of sp³-hybridized carbons (Fsp3) is 0.318. The highest BCUT2D eigenvalue weighted by atomic mass is 32.2. The first-order chi connectivity index (χ1) is 16.0. The van der Waals surface area contributed by atoms with Gasteiger partial charge in [0.25, 0.3) is 5.91 Å². The summed E-state index contributed by atoms with van der Waals surface area (Å²) in [6, 6.07) is 13.1. The molecule has 1 aliphatic heterocycles. The number of sulfonamides is 1. The minimum atomic E-state index is -3.61. The zero-order valence-electron chi connectivity index (χ0n) is 18.1. The van der Waals surface area contributed by atoms with Crippen LogP contribution in [0.5, 0.6) is 5.75 Å². The molecule has 11 heteroatoms. The van der Waals surface area contributed by atoms with E-state index in [-0.39, 0.29) is 23.2 Å². The Morgan fingerprint density at radius 3 is 2.45 bits per heavy atom. The smallest absolute Gasteiger partial charge is 0.251 e. The van der Waals surface area contributed by atoms with Crippen LogP contribution in [0.1, 0.15) is 23.2 Å². The number of nitrogens with one attached hydrogen (secondary N) is 1. The van der Waals surface area contributed by atoms with E-state index < -0.39 is 10.0 Å². The predicted octanol–water partition coefficient (Wildman–Crippen LogP) is 2.09. The van der Waals surface area contributed by atoms with E-state index in [1.807, 2.05) is 31.2 Å². The van der Waals surface area contributed by atoms with E-state index in [9.17, 15) is 13.2 Å². The van der Waals surface area contributed by atoms with Gasteiger partial charge in [0.2, 0.25) is 21.7 Å². The van der Waals surface area contributed by atoms with E-state index in [1.165, 1.54) is 28.6 Å². The molecule has 33 heavy (non-hydrogen) atoms. The lowest BCUT2D eigenvalue weighted by atomic mass is 10.2. The first-order valence-corrected chi connectivity index (χ1v) is 11.9. The van der Waals surface area contributed by atoms with Crippen LogP contribution in [0.25, 0.3) is 11.4 Å². The van der Waals surface area contributed by atoms with Crippen LogP contribution in [0.15, 0.2) is 57.9 Å². The van der Waals surface area contributed by atoms with Crippen LogP contribution in [0.3, 0.4) is 0 Å². The molecule has 1 N–H and O–H groups in total. The van der Waals surface area contributed by atoms with Crippen molar-refractivity contribution in [3.63, 3.8) is 0 Å². The lowest BCUT2D eigenvalue weighted by Gasteiger charge is -2.26. The molecule has 0 aliphatic carbocycles. The molecule has 1 fully saturated rings. The summed E-state index contributed by atoms with van der Waals surface area (Å²) in [5.41, 5.74) is 1.08. The van der Waals surface area contributed by atoms with Crippen LogP contribution in [0.4, 0.5) is 0 Å². The standard InChI is InChI=1S/C22H24N4O6S/c1-2-31-18-7-3-16(4-8-18)21-24-20(32-25-21)15-23-22(27)17-5-9-19(10-6-17)33(28,29)26-11-13-30-14-12-26/h3-10H,2,11-15H2,1H3,(H,23,27). The summed E-state index contributed by atoms with van der Waals surface area (Å²) in [5, 5.41) is 6.63. The van der Waals surface area contributed by atoms with Crippen LogP contribution in [-0.4, -0.2) is 61.7 Å². The van der Waals surface area contributed by atoms with Gasteiger partial charge in [-0.2, -0.15) is 9.29 Å². The largest absolute Gasteiger partial charge is 0.494 e. The zero-order chi connectivity index (χ0) is 23.3. The highest BCUT2D eigenvalue weighted by molar-refractivity contribution is 7.89. The van der Waals surface area contributed by atoms with Crippen molar-refractivity contribution in [2.75, 3.05) is 32.9 Å². The summed E-state index contributed by atoms with van der Waals surface area (Å²) < 4.78 is 42.6. The molecular weight excluding hydrogens is 448 g/mol. The van der Waals surface area contributed by atoms with Gasteiger partial charge in [-0.05, 0) is 55.5 Å². The number of amides is 1. The van der Waals surface area contributed by atoms with Crippen LogP contribution in [0.2, 0.25) is 0 Å². The van der Waals surface area contributed by atoms with Crippen molar-refractivity contribution >= 4 is 15.9 Å². The molecular formula is C22H24N4O6S. The van der Waals surface area contributed by atoms with Crippen LogP contribution in [-0.2, 0) is 21.3 Å². The summed E-state index contributed by atoms with van der Waals surface area (Å²) >= 11 is 0. The van der Waals surface area contributed by atoms with E-state index in [1.54, 1.807) is 0 Å². The number of hydrogen-bond acceptors (Lipinski definition) is 8. The molecule has 10 nitrogen and oxygen atoms in total. The summed E-state index contributed by atoms with van der Waals surface area (Å²) in [6.07, 6.45) is 0. The molecule has 1 aliphatic rings. The third kappa shape index (κ3) is 5.38. The second-order valence-corrected chi connectivity index (χ2v) is 9.13. The highest BCUT2D eigenvalue weighted by Crippen LogP contribution is 2.20. The quantitative estimate of drug-likeness (QED) is 0.529. The Morgan fingerprint density at radius 1 is 1.09 bits per heavy atom. The van der Waals surface area contributed by atoms with Gasteiger partial charge >= 0.3 is 0 Å². The molecule has 174 valence electrons. The molecule has 0 bridgehead atoms. The maximum Gasteiger partial charge on any atom is 0.251 e. The van der Waals surface area contributed by atoms with Crippen molar-refractivity contribution in [1.29, 1.82) is 0 Å². The topological polar surface area (TPSA) is 124 Å². The van der Waals surface area contributed by atoms with E-state index in [4.69, 9.17) is 14.0 Å². The lowest BCUT2D eigenvalue weighted by molar-refractivity contribution is 0.0730. The van der Waals surface area contributed by atoms with Gasteiger partial charge in [-0.25, -0.2) is 8.42 Å². The number of carbonyl (C=O) groups is 1. The van der Waals surface area contributed by atoms with Gasteiger partial charge in [0, 0.05) is 24.2 Å². The van der Waals surface area contributed by atoms with Gasteiger partial charge < -0.3 is 19.3 Å². The molecule has 2 heterocycles. The maximum absolute atomic E-state index is 12.7. The number of aromatic nitrogens is 2. The number of benzene rings is 2. The third-order valence-electron chi connectivity index (χ3n) is 5.02. The van der Waals surface area contributed by atoms with Gasteiger partial charge in [0.05, 0.1) is 31.3 Å². The molecule has 0 spiro atoms. The van der Waals surface area contributed by atoms with E-state index in [2.05, 4.69) is 15.5 Å². The Labute approximate surface area is 191 Å². The molecule has 2 aromatic carbocycles. The molecule has 0 unspecified atom stereocenters. The monoisotopic (exact) mass is 472 g/mol. The number of morpholine rings is 1. The summed E-state index contributed by atoms with van der Waals surface area (Å²) in [4.78, 5) is 16.9.